The summed E-state index contributed by atoms with van der Waals surface area (Å²) in [6.07, 6.45) is 0. The molecule has 0 aromatic heterocycles. The number of halogens is 2. The first-order valence-electron chi connectivity index (χ1n) is 13.6. The predicted octanol–water partition coefficient (Wildman–Crippen LogP) is 7.25. The van der Waals surface area contributed by atoms with Gasteiger partial charge in [-0.2, -0.15) is 0 Å². The van der Waals surface area contributed by atoms with Crippen molar-refractivity contribution in [3.05, 3.63) is 116 Å². The van der Waals surface area contributed by atoms with Crippen LogP contribution in [-0.2, 0) is 14.9 Å². The molecule has 1 aliphatic carbocycles. The first-order chi connectivity index (χ1) is 19.1. The summed E-state index contributed by atoms with van der Waals surface area (Å²) in [7, 11) is 0. The fourth-order valence-electron chi connectivity index (χ4n) is 6.54. The first-order valence-corrected chi connectivity index (χ1v) is 15.2. The van der Waals surface area contributed by atoms with Crippen molar-refractivity contribution in [3.63, 3.8) is 0 Å². The van der Waals surface area contributed by atoms with E-state index in [1.165, 1.54) is 44.8 Å². The molecule has 4 aromatic rings. The summed E-state index contributed by atoms with van der Waals surface area (Å²) in [4.78, 5) is 4.83. The van der Waals surface area contributed by atoms with Crippen molar-refractivity contribution in [3.8, 4) is 11.1 Å². The van der Waals surface area contributed by atoms with E-state index in [0.29, 0.717) is 0 Å². The van der Waals surface area contributed by atoms with E-state index >= 15 is 0 Å². The van der Waals surface area contributed by atoms with Gasteiger partial charge in [0.2, 0.25) is 0 Å². The predicted molar refractivity (Wildman–Crippen MR) is 165 cm³/mol. The van der Waals surface area contributed by atoms with Crippen LogP contribution in [0.5, 0.6) is 0 Å². The number of benzene rings is 4. The summed E-state index contributed by atoms with van der Waals surface area (Å²) in [6.45, 7) is 6.85. The Labute approximate surface area is 246 Å². The van der Waals surface area contributed by atoms with Crippen LogP contribution in [0.15, 0.2) is 93.9 Å². The number of ether oxygens (including phenoxy) is 2. The maximum atomic E-state index is 5.59. The Hall–Kier alpha value is -2.64. The van der Waals surface area contributed by atoms with Crippen LogP contribution < -0.4 is 9.80 Å². The van der Waals surface area contributed by atoms with E-state index < -0.39 is 5.41 Å². The normalized spacial score (nSPS) is 18.1. The van der Waals surface area contributed by atoms with Crippen LogP contribution >= 0.6 is 31.9 Å². The molecule has 2 fully saturated rings. The second-order valence-electron chi connectivity index (χ2n) is 10.4. The zero-order valence-electron chi connectivity index (χ0n) is 21.7. The summed E-state index contributed by atoms with van der Waals surface area (Å²) in [5.41, 5.74) is 9.80. The Morgan fingerprint density at radius 2 is 0.897 bits per heavy atom. The van der Waals surface area contributed by atoms with Crippen LogP contribution in [0.1, 0.15) is 22.3 Å². The van der Waals surface area contributed by atoms with Crippen molar-refractivity contribution in [2.24, 2.45) is 0 Å². The molecule has 3 aliphatic rings. The first kappa shape index (κ1) is 25.3. The molecule has 0 saturated carbocycles. The number of fused-ring (bicyclic) bond motifs is 3. The van der Waals surface area contributed by atoms with Crippen LogP contribution in [0.25, 0.3) is 11.1 Å². The van der Waals surface area contributed by atoms with Gasteiger partial charge in [-0.1, -0.05) is 68.3 Å². The Morgan fingerprint density at radius 1 is 0.513 bits per heavy atom. The number of anilines is 2. The third-order valence-corrected chi connectivity index (χ3v) is 9.40. The third-order valence-electron chi connectivity index (χ3n) is 8.41. The molecule has 4 nitrogen and oxygen atoms in total. The molecule has 0 unspecified atom stereocenters. The van der Waals surface area contributed by atoms with E-state index in [1.54, 1.807) is 0 Å². The summed E-state index contributed by atoms with van der Waals surface area (Å²) in [6, 6.07) is 32.0. The van der Waals surface area contributed by atoms with Crippen LogP contribution in [0.2, 0.25) is 0 Å². The molecule has 0 N–H and O–H groups in total. The molecule has 7 rings (SSSR count). The van der Waals surface area contributed by atoms with Gasteiger partial charge in [0.1, 0.15) is 0 Å². The second kappa shape index (κ2) is 10.4. The summed E-state index contributed by atoms with van der Waals surface area (Å²) in [5.74, 6) is 0. The van der Waals surface area contributed by atoms with E-state index in [0.717, 1.165) is 61.6 Å². The minimum Gasteiger partial charge on any atom is -0.378 e. The van der Waals surface area contributed by atoms with Crippen molar-refractivity contribution < 1.29 is 9.47 Å². The van der Waals surface area contributed by atoms with Crippen LogP contribution in [0.3, 0.4) is 0 Å². The molecular weight excluding hydrogens is 616 g/mol. The van der Waals surface area contributed by atoms with Gasteiger partial charge >= 0.3 is 0 Å². The van der Waals surface area contributed by atoms with Crippen molar-refractivity contribution in [2.75, 3.05) is 62.4 Å². The topological polar surface area (TPSA) is 24.9 Å². The number of morpholine rings is 2. The quantitative estimate of drug-likeness (QED) is 0.206. The molecule has 6 heteroatoms. The number of rotatable bonds is 4. The van der Waals surface area contributed by atoms with Crippen molar-refractivity contribution in [1.29, 1.82) is 0 Å². The average molecular weight is 646 g/mol. The van der Waals surface area contributed by atoms with Gasteiger partial charge in [-0.15, -0.1) is 0 Å². The fraction of sp³-hybridized carbons (Fsp3) is 0.273. The van der Waals surface area contributed by atoms with E-state index in [4.69, 9.17) is 9.47 Å². The van der Waals surface area contributed by atoms with Gasteiger partial charge in [0.05, 0.1) is 31.8 Å². The van der Waals surface area contributed by atoms with E-state index in [9.17, 15) is 0 Å². The summed E-state index contributed by atoms with van der Waals surface area (Å²) in [5, 5.41) is 0. The number of nitrogens with zero attached hydrogens (tertiary/aromatic N) is 2. The van der Waals surface area contributed by atoms with Gasteiger partial charge in [0, 0.05) is 46.5 Å². The Bertz CT molecular complexity index is 1380. The molecule has 2 aliphatic heterocycles. The Morgan fingerprint density at radius 3 is 1.28 bits per heavy atom. The molecular formula is C33H30Br2N2O2. The monoisotopic (exact) mass is 644 g/mol. The molecule has 0 bridgehead atoms. The van der Waals surface area contributed by atoms with Crippen molar-refractivity contribution >= 4 is 43.2 Å². The third kappa shape index (κ3) is 4.33. The highest BCUT2D eigenvalue weighted by molar-refractivity contribution is 9.10. The van der Waals surface area contributed by atoms with Crippen molar-refractivity contribution in [2.45, 2.75) is 5.41 Å². The molecule has 198 valence electrons. The molecule has 39 heavy (non-hydrogen) atoms. The minimum absolute atomic E-state index is 0.439. The van der Waals surface area contributed by atoms with Crippen molar-refractivity contribution in [1.82, 2.24) is 0 Å². The maximum absolute atomic E-state index is 5.59. The zero-order chi connectivity index (χ0) is 26.4. The number of hydrogen-bond acceptors (Lipinski definition) is 4. The zero-order valence-corrected chi connectivity index (χ0v) is 24.9. The van der Waals surface area contributed by atoms with E-state index in [-0.39, 0.29) is 0 Å². The molecule has 2 heterocycles. The SMILES string of the molecule is Brc1ccc2c(c1)C(c1ccc(N3CCOCC3)cc1)(c1ccc(N3CCOCC3)cc1)c1cc(Br)ccc1-2. The van der Waals surface area contributed by atoms with Crippen LogP contribution in [-0.4, -0.2) is 52.6 Å². The summed E-state index contributed by atoms with van der Waals surface area (Å²) < 4.78 is 13.4. The van der Waals surface area contributed by atoms with Crippen LogP contribution in [0.4, 0.5) is 11.4 Å². The highest BCUT2D eigenvalue weighted by Crippen LogP contribution is 2.57. The van der Waals surface area contributed by atoms with Gasteiger partial charge in [-0.05, 0) is 81.9 Å². The van der Waals surface area contributed by atoms with Gasteiger partial charge < -0.3 is 19.3 Å². The van der Waals surface area contributed by atoms with Gasteiger partial charge in [0.25, 0.3) is 0 Å². The largest absolute Gasteiger partial charge is 0.378 e. The lowest BCUT2D eigenvalue weighted by molar-refractivity contribution is 0.122. The Balaban J connectivity index is 1.43. The lowest BCUT2D eigenvalue weighted by atomic mass is 9.67. The van der Waals surface area contributed by atoms with Gasteiger partial charge in [0.15, 0.2) is 0 Å². The standard InChI is InChI=1S/C33H30Br2N2O2/c34-25-5-11-29-30-12-6-26(35)22-32(30)33(31(29)21-25,23-1-7-27(8-2-23)36-13-17-38-18-14-36)24-3-9-28(10-4-24)37-15-19-39-20-16-37/h1-12,21-22H,13-20H2. The molecule has 0 spiro atoms. The Kier molecular flexibility index (Phi) is 6.76. The highest BCUT2D eigenvalue weighted by Gasteiger charge is 2.46. The molecule has 0 atom stereocenters. The van der Waals surface area contributed by atoms with Gasteiger partial charge in [-0.3, -0.25) is 0 Å². The lowest BCUT2D eigenvalue weighted by Gasteiger charge is -2.36. The summed E-state index contributed by atoms with van der Waals surface area (Å²) >= 11 is 7.60. The van der Waals surface area contributed by atoms with E-state index in [2.05, 4.69) is 127 Å². The van der Waals surface area contributed by atoms with E-state index in [1.807, 2.05) is 0 Å². The smallest absolute Gasteiger partial charge is 0.0714 e. The number of hydrogen-bond donors (Lipinski definition) is 0. The lowest BCUT2D eigenvalue weighted by Crippen LogP contribution is -2.36. The van der Waals surface area contributed by atoms with Gasteiger partial charge in [-0.25, -0.2) is 0 Å². The molecule has 2 saturated heterocycles. The molecule has 0 radical (unpaired) electrons. The molecule has 0 amide bonds. The highest BCUT2D eigenvalue weighted by atomic mass is 79.9. The minimum atomic E-state index is -0.439. The van der Waals surface area contributed by atoms with Crippen LogP contribution in [0, 0.1) is 0 Å². The second-order valence-corrected chi connectivity index (χ2v) is 12.3. The maximum Gasteiger partial charge on any atom is 0.0714 e. The molecule has 4 aromatic carbocycles. The fourth-order valence-corrected chi connectivity index (χ4v) is 7.27. The average Bonchev–Trinajstić information content (AvgIpc) is 3.27.